The number of anilines is 1. The molecule has 5 rings (SSSR count). The number of nitrogens with zero attached hydrogens (tertiary/aromatic N) is 2. The quantitative estimate of drug-likeness (QED) is 0.351. The highest BCUT2D eigenvalue weighted by Gasteiger charge is 2.26. The summed E-state index contributed by atoms with van der Waals surface area (Å²) in [6.07, 6.45) is 5.62. The number of ketones is 1. The summed E-state index contributed by atoms with van der Waals surface area (Å²) in [7, 11) is 0. The molecule has 3 heterocycles. The smallest absolute Gasteiger partial charge is 0.256 e. The van der Waals surface area contributed by atoms with Gasteiger partial charge in [-0.15, -0.1) is 0 Å². The van der Waals surface area contributed by atoms with E-state index in [9.17, 15) is 9.59 Å². The summed E-state index contributed by atoms with van der Waals surface area (Å²) in [6, 6.07) is 15.8. The zero-order valence-electron chi connectivity index (χ0n) is 18.1. The lowest BCUT2D eigenvalue weighted by atomic mass is 9.99. The molecule has 158 valence electrons. The number of aryl methyl sites for hydroxylation is 1. The van der Waals surface area contributed by atoms with E-state index >= 15 is 0 Å². The van der Waals surface area contributed by atoms with Gasteiger partial charge in [0, 0.05) is 40.0 Å². The van der Waals surface area contributed by atoms with E-state index in [1.54, 1.807) is 6.92 Å². The second kappa shape index (κ2) is 7.50. The van der Waals surface area contributed by atoms with E-state index in [-0.39, 0.29) is 11.7 Å². The number of carbonyl (C=O) groups excluding carboxylic acids is 2. The van der Waals surface area contributed by atoms with Gasteiger partial charge in [0.1, 0.15) is 0 Å². The van der Waals surface area contributed by atoms with E-state index in [0.717, 1.165) is 45.0 Å². The Labute approximate surface area is 185 Å². The van der Waals surface area contributed by atoms with Gasteiger partial charge >= 0.3 is 0 Å². The molecule has 1 aliphatic heterocycles. The van der Waals surface area contributed by atoms with Crippen molar-refractivity contribution in [1.82, 2.24) is 14.8 Å². The Balaban J connectivity index is 1.55. The standard InChI is InChI=1S/C26H22N4O2/c1-15-24(28-16(2)25(15)17(3)31)12-22-21-11-18(9-10-23(21)29-26(22)32)19-13-27-30(14-19)20-7-5-4-6-8-20/h4-14,28H,1-3H3,(H,29,32)/b22-12-. The number of H-pyrrole nitrogens is 1. The fraction of sp³-hybridized carbons (Fsp3) is 0.115. The average Bonchev–Trinajstić information content (AvgIpc) is 3.45. The molecule has 0 aliphatic carbocycles. The summed E-state index contributed by atoms with van der Waals surface area (Å²) >= 11 is 0. The number of carbonyl (C=O) groups is 2. The Morgan fingerprint density at radius 2 is 1.84 bits per heavy atom. The highest BCUT2D eigenvalue weighted by Crippen LogP contribution is 2.37. The topological polar surface area (TPSA) is 79.8 Å². The number of para-hydroxylation sites is 1. The Bertz CT molecular complexity index is 1410. The van der Waals surface area contributed by atoms with Crippen molar-refractivity contribution in [2.75, 3.05) is 5.32 Å². The van der Waals surface area contributed by atoms with Crippen molar-refractivity contribution in [3.8, 4) is 16.8 Å². The van der Waals surface area contributed by atoms with Crippen molar-refractivity contribution in [3.63, 3.8) is 0 Å². The van der Waals surface area contributed by atoms with E-state index < -0.39 is 0 Å². The first-order valence-electron chi connectivity index (χ1n) is 10.4. The maximum atomic E-state index is 12.7. The maximum absolute atomic E-state index is 12.7. The first-order valence-corrected chi connectivity index (χ1v) is 10.4. The normalized spacial score (nSPS) is 14.0. The summed E-state index contributed by atoms with van der Waals surface area (Å²) in [6.45, 7) is 5.32. The second-order valence-electron chi connectivity index (χ2n) is 8.00. The van der Waals surface area contributed by atoms with Crippen LogP contribution in [0.3, 0.4) is 0 Å². The van der Waals surface area contributed by atoms with Gasteiger partial charge in [-0.25, -0.2) is 4.68 Å². The molecule has 0 fully saturated rings. The van der Waals surface area contributed by atoms with Gasteiger partial charge in [-0.2, -0.15) is 5.10 Å². The second-order valence-corrected chi connectivity index (χ2v) is 8.00. The Morgan fingerprint density at radius 1 is 1.06 bits per heavy atom. The minimum Gasteiger partial charge on any atom is -0.358 e. The molecular formula is C26H22N4O2. The lowest BCUT2D eigenvalue weighted by molar-refractivity contribution is -0.110. The first-order chi connectivity index (χ1) is 15.4. The molecule has 2 aromatic carbocycles. The molecule has 1 aliphatic rings. The molecule has 4 aromatic rings. The number of aromatic nitrogens is 3. The number of nitrogens with one attached hydrogen (secondary N) is 2. The van der Waals surface area contributed by atoms with Gasteiger partial charge in [0.25, 0.3) is 5.91 Å². The number of aromatic amines is 1. The molecule has 2 N–H and O–H groups in total. The van der Waals surface area contributed by atoms with Crippen LogP contribution in [0.15, 0.2) is 60.9 Å². The van der Waals surface area contributed by atoms with Gasteiger partial charge in [-0.1, -0.05) is 24.3 Å². The third-order valence-corrected chi connectivity index (χ3v) is 5.86. The van der Waals surface area contributed by atoms with Gasteiger partial charge < -0.3 is 10.3 Å². The summed E-state index contributed by atoms with van der Waals surface area (Å²) in [5.74, 6) is -0.150. The molecule has 6 nitrogen and oxygen atoms in total. The van der Waals surface area contributed by atoms with Crippen LogP contribution in [0.2, 0.25) is 0 Å². The number of Topliss-reactive ketones (excluding diaryl/α,β-unsaturated/α-hetero) is 1. The monoisotopic (exact) mass is 422 g/mol. The van der Waals surface area contributed by atoms with Crippen LogP contribution in [0.1, 0.15) is 39.8 Å². The lowest BCUT2D eigenvalue weighted by Crippen LogP contribution is -2.03. The summed E-state index contributed by atoms with van der Waals surface area (Å²) in [5, 5.41) is 7.41. The highest BCUT2D eigenvalue weighted by atomic mass is 16.2. The maximum Gasteiger partial charge on any atom is 0.256 e. The zero-order chi connectivity index (χ0) is 22.4. The molecule has 0 unspecified atom stereocenters. The number of amides is 1. The third-order valence-electron chi connectivity index (χ3n) is 5.86. The molecule has 0 saturated heterocycles. The fourth-order valence-corrected chi connectivity index (χ4v) is 4.30. The van der Waals surface area contributed by atoms with Crippen LogP contribution in [-0.4, -0.2) is 26.5 Å². The van der Waals surface area contributed by atoms with Gasteiger partial charge in [-0.05, 0) is 62.2 Å². The predicted octanol–water partition coefficient (Wildman–Crippen LogP) is 5.18. The van der Waals surface area contributed by atoms with Crippen LogP contribution in [-0.2, 0) is 4.79 Å². The first kappa shape index (κ1) is 19.8. The van der Waals surface area contributed by atoms with Crippen LogP contribution in [0.4, 0.5) is 5.69 Å². The van der Waals surface area contributed by atoms with Crippen molar-refractivity contribution in [2.24, 2.45) is 0 Å². The van der Waals surface area contributed by atoms with Gasteiger partial charge in [0.05, 0.1) is 17.5 Å². The van der Waals surface area contributed by atoms with Crippen LogP contribution >= 0.6 is 0 Å². The molecule has 0 saturated carbocycles. The molecular weight excluding hydrogens is 400 g/mol. The summed E-state index contributed by atoms with van der Waals surface area (Å²) in [4.78, 5) is 28.0. The molecule has 0 radical (unpaired) electrons. The van der Waals surface area contributed by atoms with E-state index in [4.69, 9.17) is 0 Å². The fourth-order valence-electron chi connectivity index (χ4n) is 4.30. The van der Waals surface area contributed by atoms with E-state index in [2.05, 4.69) is 15.4 Å². The molecule has 2 aromatic heterocycles. The molecule has 0 bridgehead atoms. The number of hydrogen-bond acceptors (Lipinski definition) is 3. The Kier molecular flexibility index (Phi) is 4.63. The number of hydrogen-bond donors (Lipinski definition) is 2. The highest BCUT2D eigenvalue weighted by molar-refractivity contribution is 6.35. The van der Waals surface area contributed by atoms with Crippen molar-refractivity contribution in [3.05, 3.63) is 89.0 Å². The van der Waals surface area contributed by atoms with E-state index in [0.29, 0.717) is 11.1 Å². The lowest BCUT2D eigenvalue weighted by Gasteiger charge is -2.03. The van der Waals surface area contributed by atoms with E-state index in [1.807, 2.05) is 85.5 Å². The summed E-state index contributed by atoms with van der Waals surface area (Å²) in [5.41, 5.74) is 8.19. The largest absolute Gasteiger partial charge is 0.358 e. The van der Waals surface area contributed by atoms with E-state index in [1.165, 1.54) is 0 Å². The van der Waals surface area contributed by atoms with Gasteiger partial charge in [0.15, 0.2) is 5.78 Å². The van der Waals surface area contributed by atoms with Crippen LogP contribution in [0.25, 0.3) is 28.5 Å². The number of fused-ring (bicyclic) bond motifs is 1. The van der Waals surface area contributed by atoms with Gasteiger partial charge in [-0.3, -0.25) is 9.59 Å². The molecule has 32 heavy (non-hydrogen) atoms. The minimum atomic E-state index is -0.159. The van der Waals surface area contributed by atoms with Crippen molar-refractivity contribution >= 4 is 29.0 Å². The van der Waals surface area contributed by atoms with Crippen LogP contribution < -0.4 is 5.32 Å². The Morgan fingerprint density at radius 3 is 2.56 bits per heavy atom. The molecule has 1 amide bonds. The van der Waals surface area contributed by atoms with Crippen molar-refractivity contribution in [2.45, 2.75) is 20.8 Å². The van der Waals surface area contributed by atoms with Crippen LogP contribution in [0, 0.1) is 13.8 Å². The van der Waals surface area contributed by atoms with Gasteiger partial charge in [0.2, 0.25) is 0 Å². The molecule has 0 spiro atoms. The average molecular weight is 422 g/mol. The number of benzene rings is 2. The predicted molar refractivity (Wildman–Crippen MR) is 126 cm³/mol. The minimum absolute atomic E-state index is 0.00916. The van der Waals surface area contributed by atoms with Crippen molar-refractivity contribution in [1.29, 1.82) is 0 Å². The molecule has 6 heteroatoms. The van der Waals surface area contributed by atoms with Crippen molar-refractivity contribution < 1.29 is 9.59 Å². The SMILES string of the molecule is CC(=O)c1c(C)[nH]c(/C=C2\C(=O)Nc3ccc(-c4cnn(-c5ccccc5)c4)cc32)c1C. The summed E-state index contributed by atoms with van der Waals surface area (Å²) < 4.78 is 1.83. The molecule has 0 atom stereocenters. The number of rotatable bonds is 4. The zero-order valence-corrected chi connectivity index (χ0v) is 18.1. The Hall–Kier alpha value is -4.19. The van der Waals surface area contributed by atoms with Crippen LogP contribution in [0.5, 0.6) is 0 Å². The third kappa shape index (κ3) is 3.26.